The minimum Gasteiger partial charge on any atom is -0.481 e. The van der Waals surface area contributed by atoms with E-state index in [4.69, 9.17) is 10.2 Å². The summed E-state index contributed by atoms with van der Waals surface area (Å²) < 4.78 is 4.44. The normalized spacial score (nSPS) is 12.2. The Labute approximate surface area is 63.6 Å². The highest BCUT2D eigenvalue weighted by Crippen LogP contribution is 1.92. The first-order valence-electron chi connectivity index (χ1n) is 3.08. The molecular formula is C6H10O5. The Hall–Kier alpha value is -1.10. The molecule has 0 heterocycles. The summed E-state index contributed by atoms with van der Waals surface area (Å²) in [4.78, 5) is 20.4. The van der Waals surface area contributed by atoms with Crippen molar-refractivity contribution in [3.63, 3.8) is 0 Å². The largest absolute Gasteiger partial charge is 0.481 e. The topological polar surface area (TPSA) is 83.8 Å². The van der Waals surface area contributed by atoms with Gasteiger partial charge in [0, 0.05) is 0 Å². The van der Waals surface area contributed by atoms with Crippen LogP contribution in [0, 0.1) is 0 Å². The molecule has 0 radical (unpaired) electrons. The average molecular weight is 162 g/mol. The Morgan fingerprint density at radius 1 is 1.55 bits per heavy atom. The number of rotatable bonds is 4. The van der Waals surface area contributed by atoms with E-state index in [1.165, 1.54) is 6.92 Å². The smallest absolute Gasteiger partial charge is 0.317 e. The number of carbonyl (C=O) groups is 2. The molecule has 0 amide bonds. The van der Waals surface area contributed by atoms with Crippen molar-refractivity contribution >= 4 is 11.9 Å². The number of esters is 1. The van der Waals surface area contributed by atoms with Crippen LogP contribution < -0.4 is 0 Å². The molecule has 0 spiro atoms. The van der Waals surface area contributed by atoms with E-state index in [1.807, 2.05) is 0 Å². The van der Waals surface area contributed by atoms with Crippen LogP contribution in [0.3, 0.4) is 0 Å². The predicted octanol–water partition coefficient (Wildman–Crippen LogP) is -0.615. The summed E-state index contributed by atoms with van der Waals surface area (Å²) in [7, 11) is 0. The average Bonchev–Trinajstić information content (AvgIpc) is 1.85. The molecule has 0 bridgehead atoms. The van der Waals surface area contributed by atoms with Crippen LogP contribution in [0.15, 0.2) is 0 Å². The number of carboxylic acid groups (broad SMARTS) is 1. The van der Waals surface area contributed by atoms with Gasteiger partial charge in [-0.15, -0.1) is 0 Å². The number of aliphatic hydroxyl groups excluding tert-OH is 1. The molecule has 1 atom stereocenters. The third-order valence-corrected chi connectivity index (χ3v) is 0.885. The fraction of sp³-hybridized carbons (Fsp3) is 0.667. The van der Waals surface area contributed by atoms with Crippen molar-refractivity contribution in [1.29, 1.82) is 0 Å². The molecule has 0 aliphatic carbocycles. The van der Waals surface area contributed by atoms with Gasteiger partial charge in [0.2, 0.25) is 0 Å². The first-order chi connectivity index (χ1) is 5.06. The van der Waals surface area contributed by atoms with Crippen molar-refractivity contribution in [3.05, 3.63) is 0 Å². The number of ether oxygens (including phenoxy) is 1. The third-order valence-electron chi connectivity index (χ3n) is 0.885. The molecular weight excluding hydrogens is 152 g/mol. The van der Waals surface area contributed by atoms with E-state index in [0.29, 0.717) is 0 Å². The minimum absolute atomic E-state index is 0.300. The van der Waals surface area contributed by atoms with Crippen LogP contribution in [0.2, 0.25) is 0 Å². The molecule has 5 heteroatoms. The first kappa shape index (κ1) is 9.90. The lowest BCUT2D eigenvalue weighted by molar-refractivity contribution is -0.155. The standard InChI is InChI=1S/C6H10O5/c1-4(3-7)11-6(10)2-5(8)9/h4,7H,2-3H2,1H3,(H,8,9). The van der Waals surface area contributed by atoms with Gasteiger partial charge in [0.25, 0.3) is 0 Å². The summed E-state index contributed by atoms with van der Waals surface area (Å²) in [5, 5.41) is 16.5. The maximum Gasteiger partial charge on any atom is 0.317 e. The zero-order valence-corrected chi connectivity index (χ0v) is 6.11. The van der Waals surface area contributed by atoms with Crippen LogP contribution in [-0.4, -0.2) is 34.9 Å². The molecule has 0 aliphatic heterocycles. The maximum atomic E-state index is 10.5. The number of aliphatic hydroxyl groups is 1. The predicted molar refractivity (Wildman–Crippen MR) is 34.9 cm³/mol. The highest BCUT2D eigenvalue weighted by Gasteiger charge is 2.11. The van der Waals surface area contributed by atoms with Crippen LogP contribution in [0.5, 0.6) is 0 Å². The van der Waals surface area contributed by atoms with E-state index in [2.05, 4.69) is 4.74 Å². The van der Waals surface area contributed by atoms with Crippen molar-refractivity contribution in [2.75, 3.05) is 6.61 Å². The third kappa shape index (κ3) is 5.35. The zero-order valence-electron chi connectivity index (χ0n) is 6.11. The van der Waals surface area contributed by atoms with Crippen LogP contribution in [0.1, 0.15) is 13.3 Å². The number of aliphatic carboxylic acids is 1. The highest BCUT2D eigenvalue weighted by atomic mass is 16.6. The van der Waals surface area contributed by atoms with E-state index in [0.717, 1.165) is 0 Å². The lowest BCUT2D eigenvalue weighted by Gasteiger charge is -2.07. The molecule has 0 fully saturated rings. The second kappa shape index (κ2) is 4.68. The molecule has 1 unspecified atom stereocenters. The number of hydrogen-bond donors (Lipinski definition) is 2. The first-order valence-corrected chi connectivity index (χ1v) is 3.08. The summed E-state index contributed by atoms with van der Waals surface area (Å²) in [6.07, 6.45) is -1.30. The van der Waals surface area contributed by atoms with Gasteiger partial charge in [-0.05, 0) is 6.92 Å². The maximum absolute atomic E-state index is 10.5. The SMILES string of the molecule is CC(CO)OC(=O)CC(=O)O. The molecule has 64 valence electrons. The molecule has 5 nitrogen and oxygen atoms in total. The Morgan fingerprint density at radius 2 is 2.09 bits per heavy atom. The lowest BCUT2D eigenvalue weighted by atomic mass is 10.4. The van der Waals surface area contributed by atoms with E-state index in [-0.39, 0.29) is 6.61 Å². The van der Waals surface area contributed by atoms with Crippen molar-refractivity contribution in [1.82, 2.24) is 0 Å². The summed E-state index contributed by atoms with van der Waals surface area (Å²) in [6.45, 7) is 1.17. The van der Waals surface area contributed by atoms with Gasteiger partial charge in [-0.2, -0.15) is 0 Å². The second-order valence-corrected chi connectivity index (χ2v) is 2.05. The minimum atomic E-state index is -1.24. The van der Waals surface area contributed by atoms with E-state index >= 15 is 0 Å². The molecule has 0 saturated heterocycles. The van der Waals surface area contributed by atoms with Gasteiger partial charge >= 0.3 is 11.9 Å². The summed E-state index contributed by atoms with van der Waals surface area (Å²) in [6, 6.07) is 0. The molecule has 2 N–H and O–H groups in total. The molecule has 11 heavy (non-hydrogen) atoms. The van der Waals surface area contributed by atoms with E-state index in [9.17, 15) is 9.59 Å². The van der Waals surface area contributed by atoms with Gasteiger partial charge in [-0.1, -0.05) is 0 Å². The van der Waals surface area contributed by atoms with E-state index < -0.39 is 24.5 Å². The Morgan fingerprint density at radius 3 is 2.45 bits per heavy atom. The fourth-order valence-electron chi connectivity index (χ4n) is 0.427. The Balaban J connectivity index is 3.60. The summed E-state index contributed by atoms with van der Waals surface area (Å²) in [5.74, 6) is -2.07. The van der Waals surface area contributed by atoms with Crippen molar-refractivity contribution < 1.29 is 24.5 Å². The van der Waals surface area contributed by atoms with Gasteiger partial charge in [0.1, 0.15) is 12.5 Å². The Kier molecular flexibility index (Phi) is 4.21. The monoisotopic (exact) mass is 162 g/mol. The number of hydrogen-bond acceptors (Lipinski definition) is 4. The van der Waals surface area contributed by atoms with Crippen molar-refractivity contribution in [3.8, 4) is 0 Å². The number of carbonyl (C=O) groups excluding carboxylic acids is 1. The van der Waals surface area contributed by atoms with Gasteiger partial charge in [-0.25, -0.2) is 0 Å². The van der Waals surface area contributed by atoms with Gasteiger partial charge in [0.05, 0.1) is 6.61 Å². The number of carboxylic acids is 1. The molecule has 0 rings (SSSR count). The quantitative estimate of drug-likeness (QED) is 0.425. The van der Waals surface area contributed by atoms with Gasteiger partial charge in [-0.3, -0.25) is 9.59 Å². The summed E-state index contributed by atoms with van der Waals surface area (Å²) in [5.41, 5.74) is 0. The fourth-order valence-corrected chi connectivity index (χ4v) is 0.427. The summed E-state index contributed by atoms with van der Waals surface area (Å²) >= 11 is 0. The van der Waals surface area contributed by atoms with Crippen LogP contribution in [0.25, 0.3) is 0 Å². The highest BCUT2D eigenvalue weighted by molar-refractivity contribution is 5.90. The second-order valence-electron chi connectivity index (χ2n) is 2.05. The molecule has 0 aromatic heterocycles. The molecule has 0 aromatic rings. The van der Waals surface area contributed by atoms with Crippen LogP contribution in [-0.2, 0) is 14.3 Å². The van der Waals surface area contributed by atoms with E-state index in [1.54, 1.807) is 0 Å². The van der Waals surface area contributed by atoms with Crippen LogP contribution >= 0.6 is 0 Å². The molecule has 0 saturated carbocycles. The van der Waals surface area contributed by atoms with Crippen LogP contribution in [0.4, 0.5) is 0 Å². The van der Waals surface area contributed by atoms with Gasteiger partial charge < -0.3 is 14.9 Å². The molecule has 0 aliphatic rings. The van der Waals surface area contributed by atoms with Gasteiger partial charge in [0.15, 0.2) is 0 Å². The Bertz CT molecular complexity index is 153. The van der Waals surface area contributed by atoms with Crippen molar-refractivity contribution in [2.24, 2.45) is 0 Å². The van der Waals surface area contributed by atoms with Crippen molar-refractivity contribution in [2.45, 2.75) is 19.4 Å². The zero-order chi connectivity index (χ0) is 8.85. The lowest BCUT2D eigenvalue weighted by Crippen LogP contribution is -2.20. The molecule has 0 aromatic carbocycles.